The molecule has 1 saturated heterocycles. The van der Waals surface area contributed by atoms with E-state index in [1.807, 2.05) is 4.90 Å². The summed E-state index contributed by atoms with van der Waals surface area (Å²) in [7, 11) is 1.56. The summed E-state index contributed by atoms with van der Waals surface area (Å²) < 4.78 is 4.91. The molecule has 20 heavy (non-hydrogen) atoms. The third-order valence-corrected chi connectivity index (χ3v) is 3.80. The Morgan fingerprint density at radius 3 is 2.55 bits per heavy atom. The largest absolute Gasteiger partial charge is 0.375 e. The molecule has 4 nitrogen and oxygen atoms in total. The monoisotopic (exact) mass is 276 g/mol. The van der Waals surface area contributed by atoms with Gasteiger partial charge in [0.1, 0.15) is 6.61 Å². The summed E-state index contributed by atoms with van der Waals surface area (Å²) in [6.07, 6.45) is 0. The molecule has 0 bridgehead atoms. The van der Waals surface area contributed by atoms with Crippen molar-refractivity contribution >= 4 is 11.6 Å². The molecule has 0 atom stereocenters. The molecule has 110 valence electrons. The van der Waals surface area contributed by atoms with E-state index in [0.29, 0.717) is 5.92 Å². The maximum atomic E-state index is 11.8. The van der Waals surface area contributed by atoms with Gasteiger partial charge in [-0.15, -0.1) is 0 Å². The molecule has 1 fully saturated rings. The Hall–Kier alpha value is -1.55. The molecule has 0 aromatic heterocycles. The van der Waals surface area contributed by atoms with Gasteiger partial charge in [-0.25, -0.2) is 0 Å². The number of hydrogen-bond donors (Lipinski definition) is 0. The molecular formula is C16H24N2O2. The predicted octanol–water partition coefficient (Wildman–Crippen LogP) is 2.10. The summed E-state index contributed by atoms with van der Waals surface area (Å²) in [5.41, 5.74) is 2.62. The lowest BCUT2D eigenvalue weighted by molar-refractivity contribution is -0.135. The fourth-order valence-corrected chi connectivity index (χ4v) is 2.51. The van der Waals surface area contributed by atoms with Crippen molar-refractivity contribution in [3.63, 3.8) is 0 Å². The van der Waals surface area contributed by atoms with Gasteiger partial charge in [-0.1, -0.05) is 26.0 Å². The Balaban J connectivity index is 1.97. The Morgan fingerprint density at radius 1 is 1.25 bits per heavy atom. The minimum Gasteiger partial charge on any atom is -0.375 e. The van der Waals surface area contributed by atoms with Crippen molar-refractivity contribution in [3.05, 3.63) is 29.8 Å². The van der Waals surface area contributed by atoms with Gasteiger partial charge in [0.15, 0.2) is 0 Å². The van der Waals surface area contributed by atoms with Crippen molar-refractivity contribution in [1.82, 2.24) is 4.90 Å². The second-order valence-corrected chi connectivity index (χ2v) is 5.55. The van der Waals surface area contributed by atoms with Crippen molar-refractivity contribution in [2.24, 2.45) is 0 Å². The van der Waals surface area contributed by atoms with Crippen LogP contribution >= 0.6 is 0 Å². The van der Waals surface area contributed by atoms with Crippen molar-refractivity contribution in [2.45, 2.75) is 19.8 Å². The molecule has 0 N–H and O–H groups in total. The molecule has 1 amide bonds. The van der Waals surface area contributed by atoms with Crippen molar-refractivity contribution in [3.8, 4) is 0 Å². The molecule has 0 radical (unpaired) electrons. The van der Waals surface area contributed by atoms with Gasteiger partial charge in [0.2, 0.25) is 5.91 Å². The number of anilines is 1. The van der Waals surface area contributed by atoms with Crippen LogP contribution in [0.2, 0.25) is 0 Å². The number of amides is 1. The van der Waals surface area contributed by atoms with Crippen LogP contribution in [0.1, 0.15) is 25.3 Å². The summed E-state index contributed by atoms with van der Waals surface area (Å²) in [4.78, 5) is 16.0. The highest BCUT2D eigenvalue weighted by Gasteiger charge is 2.21. The molecule has 1 aromatic rings. The van der Waals surface area contributed by atoms with Gasteiger partial charge in [-0.3, -0.25) is 4.79 Å². The first-order chi connectivity index (χ1) is 9.61. The fraction of sp³-hybridized carbons (Fsp3) is 0.562. The first-order valence-corrected chi connectivity index (χ1v) is 7.23. The normalized spacial score (nSPS) is 15.8. The smallest absolute Gasteiger partial charge is 0.248 e. The lowest BCUT2D eigenvalue weighted by Gasteiger charge is -2.36. The lowest BCUT2D eigenvalue weighted by atomic mass is 10.0. The van der Waals surface area contributed by atoms with Crippen molar-refractivity contribution in [1.29, 1.82) is 0 Å². The van der Waals surface area contributed by atoms with Gasteiger partial charge in [0.05, 0.1) is 0 Å². The zero-order valence-electron chi connectivity index (χ0n) is 12.6. The summed E-state index contributed by atoms with van der Waals surface area (Å²) >= 11 is 0. The van der Waals surface area contributed by atoms with Crippen LogP contribution < -0.4 is 4.90 Å². The number of ether oxygens (including phenoxy) is 1. The minimum absolute atomic E-state index is 0.0862. The molecule has 1 aliphatic heterocycles. The van der Waals surface area contributed by atoms with Crippen molar-refractivity contribution in [2.75, 3.05) is 44.8 Å². The van der Waals surface area contributed by atoms with E-state index < -0.39 is 0 Å². The van der Waals surface area contributed by atoms with Crippen LogP contribution in [0.5, 0.6) is 0 Å². The molecular weight excluding hydrogens is 252 g/mol. The first-order valence-electron chi connectivity index (χ1n) is 7.23. The van der Waals surface area contributed by atoms with Crippen LogP contribution in [0.3, 0.4) is 0 Å². The van der Waals surface area contributed by atoms with Gasteiger partial charge in [-0.2, -0.15) is 0 Å². The molecule has 4 heteroatoms. The first kappa shape index (κ1) is 14.9. The summed E-state index contributed by atoms with van der Waals surface area (Å²) in [6, 6.07) is 8.70. The molecule has 0 saturated carbocycles. The molecule has 0 unspecified atom stereocenters. The van der Waals surface area contributed by atoms with E-state index in [0.717, 1.165) is 26.2 Å². The highest BCUT2D eigenvalue weighted by Crippen LogP contribution is 2.22. The Bertz CT molecular complexity index is 452. The van der Waals surface area contributed by atoms with Crippen LogP contribution in [-0.4, -0.2) is 50.7 Å². The van der Waals surface area contributed by atoms with Crippen LogP contribution in [0.15, 0.2) is 24.3 Å². The lowest BCUT2D eigenvalue weighted by Crippen LogP contribution is -2.49. The zero-order valence-corrected chi connectivity index (χ0v) is 12.6. The zero-order chi connectivity index (χ0) is 14.5. The molecule has 1 aromatic carbocycles. The van der Waals surface area contributed by atoms with Crippen LogP contribution in [-0.2, 0) is 9.53 Å². The van der Waals surface area contributed by atoms with Gasteiger partial charge in [0, 0.05) is 39.0 Å². The molecule has 1 aliphatic rings. The molecule has 2 rings (SSSR count). The van der Waals surface area contributed by atoms with E-state index >= 15 is 0 Å². The third-order valence-electron chi connectivity index (χ3n) is 3.80. The second-order valence-electron chi connectivity index (χ2n) is 5.55. The maximum Gasteiger partial charge on any atom is 0.248 e. The summed E-state index contributed by atoms with van der Waals surface area (Å²) in [5, 5.41) is 0. The average molecular weight is 276 g/mol. The van der Waals surface area contributed by atoms with E-state index in [1.165, 1.54) is 11.3 Å². The van der Waals surface area contributed by atoms with Gasteiger partial charge in [0.25, 0.3) is 0 Å². The van der Waals surface area contributed by atoms with E-state index in [9.17, 15) is 4.79 Å². The van der Waals surface area contributed by atoms with Crippen LogP contribution in [0.4, 0.5) is 5.69 Å². The van der Waals surface area contributed by atoms with Gasteiger partial charge in [-0.05, 0) is 23.6 Å². The van der Waals surface area contributed by atoms with E-state index in [-0.39, 0.29) is 12.5 Å². The minimum atomic E-state index is 0.0862. The van der Waals surface area contributed by atoms with E-state index in [1.54, 1.807) is 7.11 Å². The van der Waals surface area contributed by atoms with Gasteiger partial charge >= 0.3 is 0 Å². The number of carbonyl (C=O) groups is 1. The quantitative estimate of drug-likeness (QED) is 0.844. The Labute approximate surface area is 121 Å². The van der Waals surface area contributed by atoms with Crippen LogP contribution in [0, 0.1) is 0 Å². The number of rotatable bonds is 4. The van der Waals surface area contributed by atoms with Gasteiger partial charge < -0.3 is 14.5 Å². The molecule has 1 heterocycles. The van der Waals surface area contributed by atoms with Crippen molar-refractivity contribution < 1.29 is 9.53 Å². The summed E-state index contributed by atoms with van der Waals surface area (Å²) in [6.45, 7) is 7.92. The highest BCUT2D eigenvalue weighted by atomic mass is 16.5. The molecule has 0 spiro atoms. The summed E-state index contributed by atoms with van der Waals surface area (Å²) in [5.74, 6) is 0.627. The Kier molecular flexibility index (Phi) is 5.01. The maximum absolute atomic E-state index is 11.8. The highest BCUT2D eigenvalue weighted by molar-refractivity contribution is 5.77. The number of nitrogens with zero attached hydrogens (tertiary/aromatic N) is 2. The number of carbonyl (C=O) groups excluding carboxylic acids is 1. The topological polar surface area (TPSA) is 32.8 Å². The van der Waals surface area contributed by atoms with E-state index in [4.69, 9.17) is 4.74 Å². The third kappa shape index (κ3) is 3.51. The number of hydrogen-bond acceptors (Lipinski definition) is 3. The van der Waals surface area contributed by atoms with Crippen LogP contribution in [0.25, 0.3) is 0 Å². The average Bonchev–Trinajstić information content (AvgIpc) is 2.48. The standard InChI is InChI=1S/C16H24N2O2/c1-13(2)14-5-4-6-15(11-14)17-7-9-18(10-8-17)16(19)12-20-3/h4-6,11,13H,7-10,12H2,1-3H3. The Morgan fingerprint density at radius 2 is 1.95 bits per heavy atom. The number of benzene rings is 1. The number of methoxy groups -OCH3 is 1. The predicted molar refractivity (Wildman–Crippen MR) is 81.2 cm³/mol. The van der Waals surface area contributed by atoms with E-state index in [2.05, 4.69) is 43.0 Å². The molecule has 0 aliphatic carbocycles. The SMILES string of the molecule is COCC(=O)N1CCN(c2cccc(C(C)C)c2)CC1. The number of piperazine rings is 1. The second kappa shape index (κ2) is 6.75. The fourth-order valence-electron chi connectivity index (χ4n) is 2.51.